The third kappa shape index (κ3) is 10.8. The Morgan fingerprint density at radius 3 is 2.11 bits per heavy atom. The van der Waals surface area contributed by atoms with Crippen molar-refractivity contribution in [1.82, 2.24) is 15.0 Å². The maximum atomic E-state index is 14.4. The molecule has 3 aromatic heterocycles. The van der Waals surface area contributed by atoms with Gasteiger partial charge in [0.2, 0.25) is 6.29 Å². The van der Waals surface area contributed by atoms with Gasteiger partial charge in [0.05, 0.1) is 7.11 Å². The Balaban J connectivity index is 0.00000720. The van der Waals surface area contributed by atoms with E-state index in [1.165, 1.54) is 52.1 Å². The first-order valence-electron chi connectivity index (χ1n) is 24.5. The summed E-state index contributed by atoms with van der Waals surface area (Å²) in [5, 5.41) is 6.84. The second-order valence-corrected chi connectivity index (χ2v) is 20.2. The smallest absolute Gasteiger partial charge is 0.664 e. The molecular weight excluding hydrogens is 837 g/mol. The van der Waals surface area contributed by atoms with E-state index in [0.717, 1.165) is 81.1 Å². The first-order valence-corrected chi connectivity index (χ1v) is 24.5. The quantitative estimate of drug-likeness (QED) is 0.0469. The Labute approximate surface area is 409 Å². The predicted molar refractivity (Wildman–Crippen MR) is 264 cm³/mol. The molecule has 2 fully saturated rings. The molecule has 0 spiro atoms. The number of nitrogens with zero attached hydrogens (tertiary/aromatic N) is 4. The summed E-state index contributed by atoms with van der Waals surface area (Å²) in [4.78, 5) is 56.9. The number of carbonyl (C=O) groups excluding carboxylic acids is 3. The molecule has 6 heterocycles. The maximum Gasteiger partial charge on any atom is 2.00 e. The van der Waals surface area contributed by atoms with Crippen molar-refractivity contribution in [2.75, 3.05) is 7.11 Å². The van der Waals surface area contributed by atoms with Gasteiger partial charge in [-0.2, -0.15) is 11.4 Å². The van der Waals surface area contributed by atoms with Crippen LogP contribution < -0.4 is 25.7 Å². The Bertz CT molecular complexity index is 2480. The van der Waals surface area contributed by atoms with E-state index in [-0.39, 0.29) is 65.1 Å². The normalized spacial score (nSPS) is 24.8. The second-order valence-electron chi connectivity index (χ2n) is 20.2. The van der Waals surface area contributed by atoms with Gasteiger partial charge in [0.15, 0.2) is 5.78 Å². The minimum absolute atomic E-state index is 0. The molecule has 8 atom stereocenters. The summed E-state index contributed by atoms with van der Waals surface area (Å²) in [5.74, 6) is -0.539. The number of fused-ring (bicyclic) bond motifs is 7. The van der Waals surface area contributed by atoms with Crippen molar-refractivity contribution in [1.29, 1.82) is 0 Å². The number of hydrogen-bond acceptors (Lipinski definition) is 6. The van der Waals surface area contributed by atoms with E-state index < -0.39 is 18.2 Å². The van der Waals surface area contributed by atoms with Crippen LogP contribution in [0.1, 0.15) is 180 Å². The van der Waals surface area contributed by atoms with Crippen LogP contribution in [0, 0.1) is 62.2 Å². The summed E-state index contributed by atoms with van der Waals surface area (Å²) in [6.45, 7) is 25.9. The Hall–Kier alpha value is -4.06. The summed E-state index contributed by atoms with van der Waals surface area (Å²) in [5.41, 5.74) is 9.40. The molecule has 0 aromatic carbocycles. The van der Waals surface area contributed by atoms with Gasteiger partial charge in [-0.15, -0.1) is 33.5 Å². The van der Waals surface area contributed by atoms with Gasteiger partial charge in [0, 0.05) is 12.0 Å². The molecule has 0 amide bonds. The molecule has 4 aliphatic rings. The van der Waals surface area contributed by atoms with E-state index in [2.05, 4.69) is 62.0 Å². The van der Waals surface area contributed by atoms with Crippen LogP contribution in [0.4, 0.5) is 0 Å². The summed E-state index contributed by atoms with van der Waals surface area (Å²) in [6.07, 6.45) is 19.7. The SMILES string of the molecule is C=Cc1c2[n-]c(c1C)/C=C1\[N-]/C(=C3\c4[n-]c(c(C)c4C(=O)[C@@H]3C(=O)OC)/C=c3\[n-]/c(c(C)c3CC)=C\2)[C@@H](CCC(=O)O[C@H]2O[C@@H]2C(C)CCC[C@H](C)CCC[C@H](C)CCCC(C)C)[C@@H]1C.[Mg+2]. The Morgan fingerprint density at radius 2 is 1.47 bits per heavy atom. The average molecular weight is 910 g/mol. The number of epoxide rings is 1. The number of aromatic nitrogens is 3. The number of rotatable bonds is 20. The number of esters is 2. The molecule has 0 saturated carbocycles. The van der Waals surface area contributed by atoms with Crippen LogP contribution in [0.2, 0.25) is 0 Å². The number of Topliss-reactive ketones (excluding diaryl/α,β-unsaturated/α-hetero) is 1. The molecule has 7 rings (SSSR count). The topological polar surface area (TPSA) is 139 Å². The van der Waals surface area contributed by atoms with Gasteiger partial charge in [0.1, 0.15) is 12.0 Å². The van der Waals surface area contributed by atoms with Crippen LogP contribution in [0.25, 0.3) is 35.2 Å². The largest absolute Gasteiger partial charge is 2.00 e. The van der Waals surface area contributed by atoms with E-state index in [1.54, 1.807) is 0 Å². The van der Waals surface area contributed by atoms with Crippen LogP contribution in [-0.2, 0) is 30.2 Å². The molecule has 2 saturated heterocycles. The van der Waals surface area contributed by atoms with E-state index >= 15 is 0 Å². The van der Waals surface area contributed by atoms with Crippen LogP contribution in [0.3, 0.4) is 0 Å². The number of methoxy groups -OCH3 is 1. The molecule has 352 valence electrons. The van der Waals surface area contributed by atoms with Crippen molar-refractivity contribution in [3.8, 4) is 0 Å². The monoisotopic (exact) mass is 909 g/mol. The second kappa shape index (κ2) is 21.9. The summed E-state index contributed by atoms with van der Waals surface area (Å²) < 4.78 is 17.1. The molecule has 8 bridgehead atoms. The van der Waals surface area contributed by atoms with Gasteiger partial charge >= 0.3 is 35.0 Å². The first kappa shape index (κ1) is 51.3. The summed E-state index contributed by atoms with van der Waals surface area (Å²) >= 11 is 0. The third-order valence-corrected chi connectivity index (χ3v) is 14.9. The van der Waals surface area contributed by atoms with E-state index in [1.807, 2.05) is 38.2 Å². The van der Waals surface area contributed by atoms with Gasteiger partial charge < -0.3 is 34.5 Å². The number of ether oxygens (including phenoxy) is 3. The zero-order valence-electron chi connectivity index (χ0n) is 41.6. The Morgan fingerprint density at radius 1 is 0.833 bits per heavy atom. The zero-order chi connectivity index (χ0) is 46.9. The fourth-order valence-electron chi connectivity index (χ4n) is 10.6. The minimum Gasteiger partial charge on any atom is -0.664 e. The van der Waals surface area contributed by atoms with Crippen LogP contribution in [-0.4, -0.2) is 60.3 Å². The molecule has 11 heteroatoms. The fraction of sp³-hybridized carbons (Fsp3) is 0.582. The van der Waals surface area contributed by atoms with E-state index in [9.17, 15) is 14.4 Å². The summed E-state index contributed by atoms with van der Waals surface area (Å²) in [6, 6.07) is 0. The third-order valence-electron chi connectivity index (χ3n) is 14.9. The van der Waals surface area contributed by atoms with Crippen LogP contribution >= 0.6 is 0 Å². The molecule has 10 nitrogen and oxygen atoms in total. The van der Waals surface area contributed by atoms with Gasteiger partial charge in [-0.3, -0.25) is 14.4 Å². The number of hydrogen-bond donors (Lipinski definition) is 0. The first-order chi connectivity index (χ1) is 31.1. The van der Waals surface area contributed by atoms with Crippen molar-refractivity contribution in [3.05, 3.63) is 90.1 Å². The van der Waals surface area contributed by atoms with Gasteiger partial charge in [-0.1, -0.05) is 159 Å². The molecule has 0 N–H and O–H groups in total. The van der Waals surface area contributed by atoms with Gasteiger partial charge in [-0.05, 0) is 81.1 Å². The van der Waals surface area contributed by atoms with Crippen LogP contribution in [0.15, 0.2) is 18.0 Å². The molecule has 3 aromatic rings. The maximum absolute atomic E-state index is 14.4. The zero-order valence-corrected chi connectivity index (χ0v) is 43.1. The summed E-state index contributed by atoms with van der Waals surface area (Å²) in [7, 11) is 1.29. The van der Waals surface area contributed by atoms with Crippen molar-refractivity contribution < 1.29 is 28.6 Å². The predicted octanol–water partition coefficient (Wildman–Crippen LogP) is 9.78. The minimum atomic E-state index is -1.23. The Kier molecular flexibility index (Phi) is 17.0. The van der Waals surface area contributed by atoms with Crippen LogP contribution in [0.5, 0.6) is 0 Å². The van der Waals surface area contributed by atoms with Crippen molar-refractivity contribution in [2.45, 2.75) is 159 Å². The molecule has 3 aliphatic heterocycles. The number of ketones is 1. The standard InChI is InChI=1S/C55H73N4O6.Mg/c1-13-37-33(8)40-26-42-35(10)39(24-25-46(60)64-55-53(65-55)32(7)23-17-22-31(6)21-16-20-30(5)19-15-18-29(3)4)50(58-42)48-49(54(62)63-12)52(61)47-36(11)43(59-51(47)48)28-45-38(14-2)34(9)41(57-45)27-44(37)56-40;/h13,26-32,35,39,49,53,55H,1,14-25H2,2-12H3,(H-,58,59,61);/q-3;+2/p-1/b41-27-,42-26-,45-28-;/t30-,31-,32?,35+,39+,49-,53-,55+;/m1./s1. The molecule has 66 heavy (non-hydrogen) atoms. The van der Waals surface area contributed by atoms with Crippen molar-refractivity contribution in [3.63, 3.8) is 0 Å². The number of carbonyl (C=O) groups is 3. The molecule has 0 radical (unpaired) electrons. The fourth-order valence-corrected chi connectivity index (χ4v) is 10.6. The average Bonchev–Trinajstić information content (AvgIpc) is 3.39. The molecule has 1 unspecified atom stereocenters. The van der Waals surface area contributed by atoms with Crippen molar-refractivity contribution >= 4 is 70.7 Å². The van der Waals surface area contributed by atoms with Gasteiger partial charge in [-0.25, -0.2) is 0 Å². The number of allylic oxidation sites excluding steroid dienone is 2. The van der Waals surface area contributed by atoms with Gasteiger partial charge in [0.25, 0.3) is 0 Å². The molecule has 1 aliphatic carbocycles. The van der Waals surface area contributed by atoms with Crippen molar-refractivity contribution in [2.24, 2.45) is 41.4 Å². The molecular formula is C55H72MgN4O6-2. The van der Waals surface area contributed by atoms with E-state index in [0.29, 0.717) is 46.1 Å². The van der Waals surface area contributed by atoms with E-state index in [4.69, 9.17) is 34.5 Å².